The number of thioether (sulfide) groups is 1. The molecular weight excluding hydrogens is 280 g/mol. The predicted octanol–water partition coefficient (Wildman–Crippen LogP) is 1.89. The van der Waals surface area contributed by atoms with E-state index < -0.39 is 15.2 Å². The second kappa shape index (κ2) is 5.63. The molecule has 0 bridgehead atoms. The van der Waals surface area contributed by atoms with Gasteiger partial charge in [0.25, 0.3) is 0 Å². The number of anilines is 2. The van der Waals surface area contributed by atoms with E-state index in [2.05, 4.69) is 0 Å². The van der Waals surface area contributed by atoms with Gasteiger partial charge in [0, 0.05) is 35.2 Å². The number of hydrogen-bond donors (Lipinski definition) is 1. The Kier molecular flexibility index (Phi) is 4.30. The lowest BCUT2D eigenvalue weighted by Gasteiger charge is -2.37. The number of aryl methyl sites for hydroxylation is 1. The van der Waals surface area contributed by atoms with Crippen molar-refractivity contribution in [1.82, 2.24) is 0 Å². The molecule has 1 saturated heterocycles. The van der Waals surface area contributed by atoms with E-state index in [0.717, 1.165) is 23.5 Å². The molecule has 106 valence electrons. The summed E-state index contributed by atoms with van der Waals surface area (Å²) >= 11 is 1.70. The Morgan fingerprint density at radius 2 is 2.21 bits per heavy atom. The van der Waals surface area contributed by atoms with Crippen LogP contribution in [0.2, 0.25) is 0 Å². The second-order valence-electron chi connectivity index (χ2n) is 4.72. The van der Waals surface area contributed by atoms with Crippen LogP contribution < -0.4 is 10.6 Å². The molecule has 1 heterocycles. The van der Waals surface area contributed by atoms with E-state index in [1.54, 1.807) is 18.7 Å². The van der Waals surface area contributed by atoms with Crippen LogP contribution >= 0.6 is 11.8 Å². The Bertz CT molecular complexity index is 558. The van der Waals surface area contributed by atoms with E-state index in [4.69, 9.17) is 5.73 Å². The Balaban J connectivity index is 2.42. The van der Waals surface area contributed by atoms with E-state index in [1.165, 1.54) is 0 Å². The van der Waals surface area contributed by atoms with Gasteiger partial charge in [0.05, 0.1) is 0 Å². The molecule has 2 rings (SSSR count). The van der Waals surface area contributed by atoms with Gasteiger partial charge in [-0.15, -0.1) is 0 Å². The fourth-order valence-electron chi connectivity index (χ4n) is 2.28. The SMILES string of the molecule is CCS(=O)(=O)C1CSCCN1c1cc(N)ccc1C. The first-order chi connectivity index (χ1) is 8.95. The molecule has 1 unspecified atom stereocenters. The normalized spacial score (nSPS) is 20.5. The summed E-state index contributed by atoms with van der Waals surface area (Å²) in [7, 11) is -3.08. The van der Waals surface area contributed by atoms with Crippen LogP contribution in [0.25, 0.3) is 0 Å². The van der Waals surface area contributed by atoms with Gasteiger partial charge in [-0.05, 0) is 24.6 Å². The molecule has 1 aromatic carbocycles. The largest absolute Gasteiger partial charge is 0.399 e. The number of hydrogen-bond acceptors (Lipinski definition) is 5. The summed E-state index contributed by atoms with van der Waals surface area (Å²) in [5.41, 5.74) is 8.53. The minimum absolute atomic E-state index is 0.177. The number of nitrogens with two attached hydrogens (primary N) is 1. The maximum absolute atomic E-state index is 12.2. The summed E-state index contributed by atoms with van der Waals surface area (Å²) < 4.78 is 24.5. The molecule has 0 aromatic heterocycles. The lowest BCUT2D eigenvalue weighted by molar-refractivity contribution is 0.579. The molecule has 1 atom stereocenters. The lowest BCUT2D eigenvalue weighted by Crippen LogP contribution is -2.48. The zero-order valence-corrected chi connectivity index (χ0v) is 12.9. The summed E-state index contributed by atoms with van der Waals surface area (Å²) in [6.07, 6.45) is 0. The molecule has 0 spiro atoms. The van der Waals surface area contributed by atoms with Gasteiger partial charge in [-0.2, -0.15) is 11.8 Å². The third kappa shape index (κ3) is 3.00. The molecule has 2 N–H and O–H groups in total. The zero-order valence-electron chi connectivity index (χ0n) is 11.3. The number of benzene rings is 1. The van der Waals surface area contributed by atoms with E-state index in [1.807, 2.05) is 30.0 Å². The number of nitrogens with zero attached hydrogens (tertiary/aromatic N) is 1. The van der Waals surface area contributed by atoms with Crippen LogP contribution in [-0.4, -0.2) is 37.6 Å². The maximum Gasteiger partial charge on any atom is 0.171 e. The van der Waals surface area contributed by atoms with Crippen molar-refractivity contribution in [3.63, 3.8) is 0 Å². The van der Waals surface area contributed by atoms with E-state index in [9.17, 15) is 8.42 Å². The average molecular weight is 300 g/mol. The van der Waals surface area contributed by atoms with Gasteiger partial charge in [-0.3, -0.25) is 0 Å². The highest BCUT2D eigenvalue weighted by atomic mass is 32.2. The number of sulfone groups is 1. The third-order valence-corrected chi connectivity index (χ3v) is 6.73. The van der Waals surface area contributed by atoms with Crippen molar-refractivity contribution in [3.05, 3.63) is 23.8 Å². The van der Waals surface area contributed by atoms with Gasteiger partial charge in [0.1, 0.15) is 5.37 Å². The van der Waals surface area contributed by atoms with Gasteiger partial charge in [0.2, 0.25) is 0 Å². The zero-order chi connectivity index (χ0) is 14.0. The smallest absolute Gasteiger partial charge is 0.171 e. The van der Waals surface area contributed by atoms with Crippen LogP contribution in [0.4, 0.5) is 11.4 Å². The van der Waals surface area contributed by atoms with E-state index in [-0.39, 0.29) is 5.75 Å². The summed E-state index contributed by atoms with van der Waals surface area (Å²) in [6.45, 7) is 4.45. The van der Waals surface area contributed by atoms with Gasteiger partial charge in [-0.25, -0.2) is 8.42 Å². The monoisotopic (exact) mass is 300 g/mol. The van der Waals surface area contributed by atoms with Crippen molar-refractivity contribution in [3.8, 4) is 0 Å². The molecule has 1 fully saturated rings. The fourth-order valence-corrected chi connectivity index (χ4v) is 5.27. The lowest BCUT2D eigenvalue weighted by atomic mass is 10.1. The molecule has 1 aromatic rings. The second-order valence-corrected chi connectivity index (χ2v) is 8.32. The Labute approximate surface area is 119 Å². The molecule has 19 heavy (non-hydrogen) atoms. The minimum atomic E-state index is -3.08. The molecule has 1 aliphatic heterocycles. The van der Waals surface area contributed by atoms with Crippen molar-refractivity contribution in [2.24, 2.45) is 0 Å². The van der Waals surface area contributed by atoms with Gasteiger partial charge >= 0.3 is 0 Å². The Morgan fingerprint density at radius 3 is 2.89 bits per heavy atom. The van der Waals surface area contributed by atoms with E-state index >= 15 is 0 Å². The van der Waals surface area contributed by atoms with Crippen LogP contribution in [0.5, 0.6) is 0 Å². The first kappa shape index (κ1) is 14.5. The topological polar surface area (TPSA) is 63.4 Å². The maximum atomic E-state index is 12.2. The number of nitrogen functional groups attached to an aromatic ring is 1. The van der Waals surface area contributed by atoms with Crippen molar-refractivity contribution in [2.75, 3.05) is 34.4 Å². The Hall–Kier alpha value is -0.880. The van der Waals surface area contributed by atoms with Gasteiger partial charge in [-0.1, -0.05) is 13.0 Å². The Morgan fingerprint density at radius 1 is 1.47 bits per heavy atom. The highest BCUT2D eigenvalue weighted by Crippen LogP contribution is 2.31. The average Bonchev–Trinajstić information content (AvgIpc) is 2.41. The minimum Gasteiger partial charge on any atom is -0.399 e. The van der Waals surface area contributed by atoms with Crippen LogP contribution in [0.15, 0.2) is 18.2 Å². The predicted molar refractivity (Wildman–Crippen MR) is 83.5 cm³/mol. The van der Waals surface area contributed by atoms with Crippen LogP contribution in [0.1, 0.15) is 12.5 Å². The molecule has 4 nitrogen and oxygen atoms in total. The van der Waals surface area contributed by atoms with E-state index in [0.29, 0.717) is 11.4 Å². The van der Waals surface area contributed by atoms with Crippen LogP contribution in [0, 0.1) is 6.92 Å². The molecule has 1 aliphatic rings. The highest BCUT2D eigenvalue weighted by molar-refractivity contribution is 8.01. The van der Waals surface area contributed by atoms with Crippen molar-refractivity contribution < 1.29 is 8.42 Å². The standard InChI is InChI=1S/C13H20N2O2S2/c1-3-19(16,17)13-9-18-7-6-15(13)12-8-11(14)5-4-10(12)2/h4-5,8,13H,3,6-7,9,14H2,1-2H3. The van der Waals surface area contributed by atoms with Crippen molar-refractivity contribution >= 4 is 33.0 Å². The molecule has 0 amide bonds. The van der Waals surface area contributed by atoms with Gasteiger partial charge < -0.3 is 10.6 Å². The molecular formula is C13H20N2O2S2. The molecule has 0 aliphatic carbocycles. The van der Waals surface area contributed by atoms with Crippen LogP contribution in [-0.2, 0) is 9.84 Å². The fraction of sp³-hybridized carbons (Fsp3) is 0.538. The first-order valence-electron chi connectivity index (χ1n) is 6.38. The number of rotatable bonds is 3. The summed E-state index contributed by atoms with van der Waals surface area (Å²) in [4.78, 5) is 2.00. The van der Waals surface area contributed by atoms with Crippen molar-refractivity contribution in [1.29, 1.82) is 0 Å². The summed E-state index contributed by atoms with van der Waals surface area (Å²) in [6, 6.07) is 5.67. The molecule has 0 saturated carbocycles. The third-order valence-electron chi connectivity index (χ3n) is 3.44. The first-order valence-corrected chi connectivity index (χ1v) is 9.25. The molecule has 0 radical (unpaired) electrons. The molecule has 6 heteroatoms. The highest BCUT2D eigenvalue weighted by Gasteiger charge is 2.33. The van der Waals surface area contributed by atoms with Crippen molar-refractivity contribution in [2.45, 2.75) is 19.2 Å². The quantitative estimate of drug-likeness (QED) is 0.864. The summed E-state index contributed by atoms with van der Waals surface area (Å²) in [5.74, 6) is 1.75. The van der Waals surface area contributed by atoms with Crippen LogP contribution in [0.3, 0.4) is 0 Å². The van der Waals surface area contributed by atoms with Gasteiger partial charge in [0.15, 0.2) is 9.84 Å². The summed E-state index contributed by atoms with van der Waals surface area (Å²) in [5, 5.41) is -0.434.